The predicted octanol–water partition coefficient (Wildman–Crippen LogP) is -0.283. The molecule has 57 valence electrons. The molecule has 1 rings (SSSR count). The first-order chi connectivity index (χ1) is 5.36. The van der Waals surface area contributed by atoms with Crippen molar-refractivity contribution >= 4 is 12.9 Å². The van der Waals surface area contributed by atoms with Gasteiger partial charge in [-0.1, -0.05) is 6.07 Å². The molecule has 0 unspecified atom stereocenters. The zero-order valence-electron chi connectivity index (χ0n) is 6.32. The van der Waals surface area contributed by atoms with Gasteiger partial charge in [0.2, 0.25) is 5.88 Å². The third kappa shape index (κ3) is 2.24. The number of hydrogen-bond acceptors (Lipinski definition) is 3. The highest BCUT2D eigenvalue weighted by Crippen LogP contribution is 2.00. The van der Waals surface area contributed by atoms with Crippen molar-refractivity contribution in [2.45, 2.75) is 6.92 Å². The van der Waals surface area contributed by atoms with Gasteiger partial charge in [-0.25, -0.2) is 4.98 Å². The summed E-state index contributed by atoms with van der Waals surface area (Å²) < 4.78 is 5.10. The van der Waals surface area contributed by atoms with E-state index < -0.39 is 0 Å². The Morgan fingerprint density at radius 1 is 1.64 bits per heavy atom. The molecule has 1 aromatic rings. The minimum Gasteiger partial charge on any atom is -0.478 e. The molecule has 0 saturated carbocycles. The normalized spacial score (nSPS) is 9.27. The van der Waals surface area contributed by atoms with E-state index in [-0.39, 0.29) is 0 Å². The van der Waals surface area contributed by atoms with Gasteiger partial charge in [-0.05, 0) is 18.5 Å². The average Bonchev–Trinajstić information content (AvgIpc) is 2.07. The van der Waals surface area contributed by atoms with E-state index in [4.69, 9.17) is 9.76 Å². The molecule has 0 bridgehead atoms. The Kier molecular flexibility index (Phi) is 2.92. The van der Waals surface area contributed by atoms with Crippen LogP contribution in [0.25, 0.3) is 0 Å². The van der Waals surface area contributed by atoms with Crippen LogP contribution >= 0.6 is 0 Å². The number of pyridine rings is 1. The quantitative estimate of drug-likeness (QED) is 0.602. The van der Waals surface area contributed by atoms with E-state index in [0.29, 0.717) is 17.9 Å². The molecule has 0 spiro atoms. The Bertz CT molecular complexity index is 212. The third-order valence-electron chi connectivity index (χ3n) is 1.20. The minimum absolute atomic E-state index is 0.582. The summed E-state index contributed by atoms with van der Waals surface area (Å²) in [4.78, 5) is 3.93. The van der Waals surface area contributed by atoms with Gasteiger partial charge >= 0.3 is 7.48 Å². The fraction of sp³-hybridized carbons (Fsp3) is 0.286. The van der Waals surface area contributed by atoms with Gasteiger partial charge in [0.05, 0.1) is 6.61 Å². The van der Waals surface area contributed by atoms with Crippen molar-refractivity contribution in [3.63, 3.8) is 0 Å². The second kappa shape index (κ2) is 3.98. The number of aromatic nitrogens is 1. The summed E-state index contributed by atoms with van der Waals surface area (Å²) >= 11 is 0. The number of rotatable bonds is 3. The highest BCUT2D eigenvalue weighted by Gasteiger charge is 1.94. The second-order valence-electron chi connectivity index (χ2n) is 1.99. The van der Waals surface area contributed by atoms with Crippen LogP contribution in [0.2, 0.25) is 0 Å². The van der Waals surface area contributed by atoms with Gasteiger partial charge in [-0.15, -0.1) is 0 Å². The van der Waals surface area contributed by atoms with Crippen LogP contribution in [-0.2, 0) is 0 Å². The van der Waals surface area contributed by atoms with Crippen LogP contribution in [0.15, 0.2) is 18.3 Å². The number of nitrogens with zero attached hydrogens (tertiary/aromatic N) is 1. The van der Waals surface area contributed by atoms with Gasteiger partial charge in [0.1, 0.15) is 0 Å². The van der Waals surface area contributed by atoms with E-state index in [1.807, 2.05) is 6.92 Å². The van der Waals surface area contributed by atoms with Crippen molar-refractivity contribution in [3.8, 4) is 5.88 Å². The third-order valence-corrected chi connectivity index (χ3v) is 1.20. The lowest BCUT2D eigenvalue weighted by Gasteiger charge is -2.00. The molecule has 0 aliphatic rings. The SMILES string of the molecule is CCOc1ccc([B]O)cn1. The van der Waals surface area contributed by atoms with Crippen molar-refractivity contribution in [3.05, 3.63) is 18.3 Å². The van der Waals surface area contributed by atoms with Gasteiger partial charge in [-0.3, -0.25) is 0 Å². The Labute approximate surface area is 66.3 Å². The summed E-state index contributed by atoms with van der Waals surface area (Å²) in [5.74, 6) is 0.582. The van der Waals surface area contributed by atoms with Crippen molar-refractivity contribution in [2.75, 3.05) is 6.61 Å². The van der Waals surface area contributed by atoms with Crippen LogP contribution in [0.3, 0.4) is 0 Å². The van der Waals surface area contributed by atoms with Crippen molar-refractivity contribution in [2.24, 2.45) is 0 Å². The van der Waals surface area contributed by atoms with Crippen LogP contribution in [0, 0.1) is 0 Å². The fourth-order valence-electron chi connectivity index (χ4n) is 0.701. The molecule has 1 heterocycles. The highest BCUT2D eigenvalue weighted by molar-refractivity contribution is 6.45. The minimum atomic E-state index is 0.582. The zero-order chi connectivity index (χ0) is 8.10. The Morgan fingerprint density at radius 3 is 2.91 bits per heavy atom. The van der Waals surface area contributed by atoms with E-state index in [9.17, 15) is 0 Å². The predicted molar refractivity (Wildman–Crippen MR) is 43.0 cm³/mol. The average molecular weight is 150 g/mol. The molecule has 1 radical (unpaired) electrons. The summed E-state index contributed by atoms with van der Waals surface area (Å²) in [5, 5.41) is 8.55. The lowest BCUT2D eigenvalue weighted by molar-refractivity contribution is 0.327. The van der Waals surface area contributed by atoms with Crippen molar-refractivity contribution in [1.82, 2.24) is 4.98 Å². The zero-order valence-corrected chi connectivity index (χ0v) is 6.32. The van der Waals surface area contributed by atoms with Gasteiger partial charge in [0.15, 0.2) is 0 Å². The van der Waals surface area contributed by atoms with Gasteiger partial charge in [0, 0.05) is 6.20 Å². The van der Waals surface area contributed by atoms with E-state index >= 15 is 0 Å². The number of ether oxygens (including phenoxy) is 1. The summed E-state index contributed by atoms with van der Waals surface area (Å²) in [6, 6.07) is 3.45. The molecule has 1 N–H and O–H groups in total. The molecule has 3 nitrogen and oxygen atoms in total. The maximum Gasteiger partial charge on any atom is 0.328 e. The second-order valence-corrected chi connectivity index (χ2v) is 1.99. The van der Waals surface area contributed by atoms with E-state index in [1.165, 1.54) is 0 Å². The molecule has 0 fully saturated rings. The van der Waals surface area contributed by atoms with Gasteiger partial charge < -0.3 is 9.76 Å². The summed E-state index contributed by atoms with van der Waals surface area (Å²) in [5.41, 5.74) is 0.674. The Hall–Kier alpha value is -1.03. The molecule has 1 aromatic heterocycles. The van der Waals surface area contributed by atoms with Crippen molar-refractivity contribution in [1.29, 1.82) is 0 Å². The molecule has 4 heteroatoms. The van der Waals surface area contributed by atoms with Crippen LogP contribution in [0.4, 0.5) is 0 Å². The van der Waals surface area contributed by atoms with E-state index in [1.54, 1.807) is 18.3 Å². The Morgan fingerprint density at radius 2 is 2.45 bits per heavy atom. The monoisotopic (exact) mass is 150 g/mol. The lowest BCUT2D eigenvalue weighted by atomic mass is 9.91. The molecule has 0 aliphatic carbocycles. The molecular formula is C7H9BNO2. The first kappa shape index (κ1) is 8.08. The van der Waals surface area contributed by atoms with Crippen LogP contribution < -0.4 is 10.2 Å². The maximum atomic E-state index is 8.55. The van der Waals surface area contributed by atoms with Crippen LogP contribution in [0.5, 0.6) is 5.88 Å². The fourth-order valence-corrected chi connectivity index (χ4v) is 0.701. The maximum absolute atomic E-state index is 8.55. The highest BCUT2D eigenvalue weighted by atomic mass is 16.5. The largest absolute Gasteiger partial charge is 0.478 e. The van der Waals surface area contributed by atoms with Crippen LogP contribution in [-0.4, -0.2) is 24.1 Å². The first-order valence-corrected chi connectivity index (χ1v) is 3.43. The molecule has 0 atom stereocenters. The molecular weight excluding hydrogens is 141 g/mol. The summed E-state index contributed by atoms with van der Waals surface area (Å²) in [6.45, 7) is 2.50. The summed E-state index contributed by atoms with van der Waals surface area (Å²) in [6.07, 6.45) is 1.55. The first-order valence-electron chi connectivity index (χ1n) is 3.43. The standard InChI is InChI=1S/C7H9BNO2/c1-2-11-7-4-3-6(8-10)5-9-7/h3-5,10H,2H2,1H3. The van der Waals surface area contributed by atoms with Gasteiger partial charge in [-0.2, -0.15) is 0 Å². The molecule has 0 aliphatic heterocycles. The van der Waals surface area contributed by atoms with Gasteiger partial charge in [0.25, 0.3) is 0 Å². The molecule has 0 saturated heterocycles. The molecule has 0 aromatic carbocycles. The topological polar surface area (TPSA) is 42.4 Å². The Balaban J connectivity index is 2.66. The summed E-state index contributed by atoms with van der Waals surface area (Å²) in [7, 11) is 1.00. The van der Waals surface area contributed by atoms with Crippen molar-refractivity contribution < 1.29 is 9.76 Å². The van der Waals surface area contributed by atoms with Crippen LogP contribution in [0.1, 0.15) is 6.92 Å². The smallest absolute Gasteiger partial charge is 0.328 e. The lowest BCUT2D eigenvalue weighted by Crippen LogP contribution is -2.13. The number of hydrogen-bond donors (Lipinski definition) is 1. The molecule has 11 heavy (non-hydrogen) atoms. The van der Waals surface area contributed by atoms with E-state index in [2.05, 4.69) is 4.98 Å². The molecule has 0 amide bonds. The van der Waals surface area contributed by atoms with E-state index in [0.717, 1.165) is 7.48 Å².